The fraction of sp³-hybridized carbons (Fsp3) is 0.600. The quantitative estimate of drug-likeness (QED) is 0.886. The third-order valence-electron chi connectivity index (χ3n) is 2.27. The molecule has 1 atom stereocenters. The second-order valence-corrected chi connectivity index (χ2v) is 3.58. The molecule has 1 aliphatic rings. The molecule has 6 heteroatoms. The molecule has 0 bridgehead atoms. The first-order chi connectivity index (χ1) is 6.84. The number of piperidine rings is 1. The number of rotatable bonds is 2. The first kappa shape index (κ1) is 15.4. The van der Waals surface area contributed by atoms with E-state index >= 15 is 0 Å². The van der Waals surface area contributed by atoms with Gasteiger partial charge in [0.15, 0.2) is 0 Å². The Bertz CT molecular complexity index is 306. The molecule has 1 unspecified atom stereocenters. The maximum absolute atomic E-state index is 5.70. The summed E-state index contributed by atoms with van der Waals surface area (Å²) >= 11 is 0. The highest BCUT2D eigenvalue weighted by atomic mass is 35.5. The van der Waals surface area contributed by atoms with Crippen molar-refractivity contribution in [2.24, 2.45) is 0 Å². The van der Waals surface area contributed by atoms with Gasteiger partial charge in [-0.25, -0.2) is 4.98 Å². The van der Waals surface area contributed by atoms with E-state index in [1.54, 1.807) is 12.4 Å². The molecule has 0 amide bonds. The van der Waals surface area contributed by atoms with E-state index in [-0.39, 0.29) is 30.9 Å². The summed E-state index contributed by atoms with van der Waals surface area (Å²) < 4.78 is 5.70. The molecule has 1 aromatic heterocycles. The van der Waals surface area contributed by atoms with Crippen LogP contribution < -0.4 is 10.1 Å². The fourth-order valence-electron chi connectivity index (χ4n) is 1.59. The number of hydrogen-bond donors (Lipinski definition) is 1. The Hall–Kier alpha value is -0.580. The summed E-state index contributed by atoms with van der Waals surface area (Å²) in [6, 6.07) is 0. The van der Waals surface area contributed by atoms with Crippen molar-refractivity contribution in [1.29, 1.82) is 0 Å². The number of nitrogens with one attached hydrogen (secondary N) is 1. The summed E-state index contributed by atoms with van der Waals surface area (Å²) in [6.07, 6.45) is 5.92. The van der Waals surface area contributed by atoms with Crippen molar-refractivity contribution in [1.82, 2.24) is 15.3 Å². The fourth-order valence-corrected chi connectivity index (χ4v) is 1.59. The summed E-state index contributed by atoms with van der Waals surface area (Å²) in [5, 5.41) is 3.30. The van der Waals surface area contributed by atoms with Gasteiger partial charge in [-0.2, -0.15) is 0 Å². The van der Waals surface area contributed by atoms with Gasteiger partial charge in [0, 0.05) is 12.7 Å². The third-order valence-corrected chi connectivity index (χ3v) is 2.27. The van der Waals surface area contributed by atoms with Gasteiger partial charge in [0.1, 0.15) is 6.10 Å². The maximum atomic E-state index is 5.70. The van der Waals surface area contributed by atoms with Crippen LogP contribution >= 0.6 is 24.8 Å². The molecule has 1 saturated heterocycles. The van der Waals surface area contributed by atoms with Crippen LogP contribution in [0.15, 0.2) is 12.4 Å². The lowest BCUT2D eigenvalue weighted by atomic mass is 10.1. The van der Waals surface area contributed by atoms with Crippen molar-refractivity contribution in [2.75, 3.05) is 13.1 Å². The number of hydrogen-bond acceptors (Lipinski definition) is 4. The second kappa shape index (κ2) is 7.65. The molecule has 2 heterocycles. The molecular formula is C10H17Cl2N3O. The zero-order valence-electron chi connectivity index (χ0n) is 9.18. The lowest BCUT2D eigenvalue weighted by molar-refractivity contribution is 0.159. The van der Waals surface area contributed by atoms with Crippen LogP contribution in [0.5, 0.6) is 5.88 Å². The van der Waals surface area contributed by atoms with E-state index in [9.17, 15) is 0 Å². The van der Waals surface area contributed by atoms with Crippen LogP contribution in [-0.4, -0.2) is 29.2 Å². The highest BCUT2D eigenvalue weighted by Gasteiger charge is 2.14. The first-order valence-corrected chi connectivity index (χ1v) is 5.00. The minimum absolute atomic E-state index is 0. The van der Waals surface area contributed by atoms with Crippen molar-refractivity contribution in [3.05, 3.63) is 18.1 Å². The van der Waals surface area contributed by atoms with Crippen LogP contribution in [-0.2, 0) is 0 Å². The Kier molecular flexibility index (Phi) is 7.38. The second-order valence-electron chi connectivity index (χ2n) is 3.58. The molecule has 2 rings (SSSR count). The largest absolute Gasteiger partial charge is 0.472 e. The van der Waals surface area contributed by atoms with E-state index in [2.05, 4.69) is 15.3 Å². The molecule has 1 aromatic rings. The average molecular weight is 266 g/mol. The minimum Gasteiger partial charge on any atom is -0.472 e. The third kappa shape index (κ3) is 4.51. The molecule has 4 nitrogen and oxygen atoms in total. The Balaban J connectivity index is 0.00000112. The first-order valence-electron chi connectivity index (χ1n) is 5.00. The molecule has 1 fully saturated rings. The molecule has 92 valence electrons. The molecule has 0 spiro atoms. The lowest BCUT2D eigenvalue weighted by Gasteiger charge is -2.23. The van der Waals surface area contributed by atoms with Crippen molar-refractivity contribution in [3.63, 3.8) is 0 Å². The van der Waals surface area contributed by atoms with Crippen LogP contribution in [0.3, 0.4) is 0 Å². The molecule has 0 radical (unpaired) electrons. The Morgan fingerprint density at radius 1 is 1.38 bits per heavy atom. The van der Waals surface area contributed by atoms with Crippen molar-refractivity contribution >= 4 is 24.8 Å². The molecule has 0 aliphatic carbocycles. The van der Waals surface area contributed by atoms with Crippen molar-refractivity contribution in [2.45, 2.75) is 25.9 Å². The topological polar surface area (TPSA) is 47.0 Å². The van der Waals surface area contributed by atoms with E-state index < -0.39 is 0 Å². The minimum atomic E-state index is 0. The van der Waals surface area contributed by atoms with Crippen LogP contribution in [0.25, 0.3) is 0 Å². The van der Waals surface area contributed by atoms with Gasteiger partial charge in [-0.3, -0.25) is 4.98 Å². The summed E-state index contributed by atoms with van der Waals surface area (Å²) in [5.74, 6) is 0.638. The van der Waals surface area contributed by atoms with Gasteiger partial charge >= 0.3 is 0 Å². The zero-order chi connectivity index (χ0) is 9.80. The van der Waals surface area contributed by atoms with E-state index in [1.165, 1.54) is 6.42 Å². The van der Waals surface area contributed by atoms with Crippen LogP contribution in [0.4, 0.5) is 0 Å². The summed E-state index contributed by atoms with van der Waals surface area (Å²) in [5.41, 5.74) is 0.895. The Morgan fingerprint density at radius 2 is 2.19 bits per heavy atom. The highest BCUT2D eigenvalue weighted by molar-refractivity contribution is 5.85. The molecule has 0 saturated carbocycles. The van der Waals surface area contributed by atoms with Gasteiger partial charge in [-0.05, 0) is 26.3 Å². The van der Waals surface area contributed by atoms with Gasteiger partial charge in [0.05, 0.1) is 11.9 Å². The van der Waals surface area contributed by atoms with Crippen molar-refractivity contribution < 1.29 is 4.74 Å². The Morgan fingerprint density at radius 3 is 2.81 bits per heavy atom. The standard InChI is InChI=1S/C10H15N3O.2ClH/c1-8-5-12-7-10(13-8)14-9-3-2-4-11-6-9;;/h5,7,9,11H,2-4,6H2,1H3;2*1H. The molecule has 1 N–H and O–H groups in total. The van der Waals surface area contributed by atoms with E-state index in [0.29, 0.717) is 5.88 Å². The summed E-state index contributed by atoms with van der Waals surface area (Å²) in [6.45, 7) is 3.92. The van der Waals surface area contributed by atoms with E-state index in [4.69, 9.17) is 4.74 Å². The molecule has 1 aliphatic heterocycles. The monoisotopic (exact) mass is 265 g/mol. The van der Waals surface area contributed by atoms with Gasteiger partial charge < -0.3 is 10.1 Å². The number of aromatic nitrogens is 2. The SMILES string of the molecule is Cc1cncc(OC2CCCNC2)n1.Cl.Cl. The number of nitrogens with zero attached hydrogens (tertiary/aromatic N) is 2. The predicted molar refractivity (Wildman–Crippen MR) is 67.8 cm³/mol. The predicted octanol–water partition coefficient (Wildman–Crippen LogP) is 1.76. The summed E-state index contributed by atoms with van der Waals surface area (Å²) in [7, 11) is 0. The molecule has 16 heavy (non-hydrogen) atoms. The van der Waals surface area contributed by atoms with E-state index in [1.807, 2.05) is 6.92 Å². The average Bonchev–Trinajstić information content (AvgIpc) is 2.19. The van der Waals surface area contributed by atoms with Gasteiger partial charge in [-0.15, -0.1) is 24.8 Å². The normalized spacial score (nSPS) is 19.2. The van der Waals surface area contributed by atoms with Crippen molar-refractivity contribution in [3.8, 4) is 5.88 Å². The van der Waals surface area contributed by atoms with Gasteiger partial charge in [0.2, 0.25) is 5.88 Å². The zero-order valence-corrected chi connectivity index (χ0v) is 10.8. The number of aryl methyl sites for hydroxylation is 1. The lowest BCUT2D eigenvalue weighted by Crippen LogP contribution is -2.37. The Labute approximate surface area is 108 Å². The van der Waals surface area contributed by atoms with Crippen LogP contribution in [0, 0.1) is 6.92 Å². The number of ether oxygens (including phenoxy) is 1. The highest BCUT2D eigenvalue weighted by Crippen LogP contribution is 2.11. The molecular weight excluding hydrogens is 249 g/mol. The van der Waals surface area contributed by atoms with E-state index in [0.717, 1.165) is 25.2 Å². The summed E-state index contributed by atoms with van der Waals surface area (Å²) in [4.78, 5) is 8.30. The molecule has 0 aromatic carbocycles. The maximum Gasteiger partial charge on any atom is 0.232 e. The smallest absolute Gasteiger partial charge is 0.232 e. The van der Waals surface area contributed by atoms with Gasteiger partial charge in [0.25, 0.3) is 0 Å². The van der Waals surface area contributed by atoms with Gasteiger partial charge in [-0.1, -0.05) is 0 Å². The van der Waals surface area contributed by atoms with Crippen LogP contribution in [0.1, 0.15) is 18.5 Å². The van der Waals surface area contributed by atoms with Crippen LogP contribution in [0.2, 0.25) is 0 Å². The number of halogens is 2.